The van der Waals surface area contributed by atoms with Crippen LogP contribution in [0.15, 0.2) is 48.8 Å². The molecule has 0 spiro atoms. The van der Waals surface area contributed by atoms with Crippen molar-refractivity contribution in [2.24, 2.45) is 0 Å². The van der Waals surface area contributed by atoms with Gasteiger partial charge in [0.25, 0.3) is 0 Å². The van der Waals surface area contributed by atoms with Crippen LogP contribution < -0.4 is 5.32 Å². The Kier molecular flexibility index (Phi) is 3.25. The normalized spacial score (nSPS) is 11.0. The minimum atomic E-state index is 0.747. The molecule has 0 radical (unpaired) electrons. The molecule has 3 aromatic rings. The molecule has 0 bridgehead atoms. The van der Waals surface area contributed by atoms with Crippen LogP contribution in [0.4, 0.5) is 0 Å². The largest absolute Gasteiger partial charge is 0.307 e. The van der Waals surface area contributed by atoms with Crippen LogP contribution in [-0.4, -0.2) is 14.4 Å². The molecule has 0 atom stereocenters. The van der Waals surface area contributed by atoms with Crippen molar-refractivity contribution in [1.29, 1.82) is 0 Å². The van der Waals surface area contributed by atoms with E-state index in [0.717, 1.165) is 35.8 Å². The third kappa shape index (κ3) is 2.80. The summed E-state index contributed by atoms with van der Waals surface area (Å²) in [6.07, 6.45) is 4.06. The van der Waals surface area contributed by atoms with Gasteiger partial charge in [0.15, 0.2) is 0 Å². The van der Waals surface area contributed by atoms with E-state index in [1.165, 1.54) is 0 Å². The lowest BCUT2D eigenvalue weighted by atomic mass is 10.3. The predicted octanol–water partition coefficient (Wildman–Crippen LogP) is 2.33. The van der Waals surface area contributed by atoms with Crippen LogP contribution in [0.5, 0.6) is 0 Å². The number of nitrogens with zero attached hydrogens (tertiary/aromatic N) is 3. The first-order valence-corrected chi connectivity index (χ1v) is 6.37. The first-order chi connectivity index (χ1) is 9.31. The second kappa shape index (κ2) is 5.20. The molecule has 0 aliphatic heterocycles. The Balaban J connectivity index is 1.63. The third-order valence-electron chi connectivity index (χ3n) is 2.97. The molecule has 4 nitrogen and oxygen atoms in total. The summed E-state index contributed by atoms with van der Waals surface area (Å²) in [5.41, 5.74) is 4.13. The average Bonchev–Trinajstić information content (AvgIpc) is 2.81. The van der Waals surface area contributed by atoms with Crippen LogP contribution >= 0.6 is 0 Å². The number of aromatic nitrogens is 3. The van der Waals surface area contributed by atoms with Crippen LogP contribution in [0.2, 0.25) is 0 Å². The molecule has 0 aliphatic carbocycles. The van der Waals surface area contributed by atoms with Gasteiger partial charge in [-0.15, -0.1) is 0 Å². The van der Waals surface area contributed by atoms with E-state index in [0.29, 0.717) is 0 Å². The fraction of sp³-hybridized carbons (Fsp3) is 0.200. The molecule has 0 aliphatic rings. The molecule has 3 rings (SSSR count). The smallest absolute Gasteiger partial charge is 0.137 e. The summed E-state index contributed by atoms with van der Waals surface area (Å²) < 4.78 is 2.03. The molecule has 0 saturated heterocycles. The zero-order valence-electron chi connectivity index (χ0n) is 10.9. The number of hydrogen-bond acceptors (Lipinski definition) is 3. The van der Waals surface area contributed by atoms with E-state index in [1.807, 2.05) is 60.1 Å². The molecule has 0 aromatic carbocycles. The van der Waals surface area contributed by atoms with Crippen LogP contribution in [0.3, 0.4) is 0 Å². The van der Waals surface area contributed by atoms with Crippen LogP contribution in [0.25, 0.3) is 5.65 Å². The van der Waals surface area contributed by atoms with Gasteiger partial charge >= 0.3 is 0 Å². The Morgan fingerprint density at radius 2 is 1.89 bits per heavy atom. The van der Waals surface area contributed by atoms with Gasteiger partial charge < -0.3 is 9.72 Å². The topological polar surface area (TPSA) is 42.2 Å². The molecule has 0 amide bonds. The van der Waals surface area contributed by atoms with E-state index in [4.69, 9.17) is 0 Å². The highest BCUT2D eigenvalue weighted by Crippen LogP contribution is 2.04. The molecule has 0 fully saturated rings. The molecular weight excluding hydrogens is 236 g/mol. The average molecular weight is 252 g/mol. The Hall–Kier alpha value is -2.20. The van der Waals surface area contributed by atoms with Crippen molar-refractivity contribution in [2.45, 2.75) is 20.0 Å². The third-order valence-corrected chi connectivity index (χ3v) is 2.97. The summed E-state index contributed by atoms with van der Waals surface area (Å²) in [5, 5.41) is 3.37. The van der Waals surface area contributed by atoms with Crippen molar-refractivity contribution in [1.82, 2.24) is 19.7 Å². The highest BCUT2D eigenvalue weighted by molar-refractivity contribution is 5.39. The highest BCUT2D eigenvalue weighted by Gasteiger charge is 2.00. The minimum Gasteiger partial charge on any atom is -0.307 e. The second-order valence-electron chi connectivity index (χ2n) is 4.57. The lowest BCUT2D eigenvalue weighted by Gasteiger charge is -2.02. The van der Waals surface area contributed by atoms with Gasteiger partial charge in [-0.05, 0) is 31.2 Å². The van der Waals surface area contributed by atoms with Crippen LogP contribution in [-0.2, 0) is 13.1 Å². The Morgan fingerprint density at radius 3 is 2.74 bits per heavy atom. The fourth-order valence-electron chi connectivity index (χ4n) is 2.09. The van der Waals surface area contributed by atoms with Gasteiger partial charge in [0.05, 0.1) is 11.4 Å². The van der Waals surface area contributed by atoms with Gasteiger partial charge in [-0.25, -0.2) is 4.98 Å². The van der Waals surface area contributed by atoms with E-state index < -0.39 is 0 Å². The molecule has 3 heterocycles. The maximum atomic E-state index is 4.54. The van der Waals surface area contributed by atoms with Gasteiger partial charge in [-0.3, -0.25) is 4.98 Å². The van der Waals surface area contributed by atoms with E-state index in [-0.39, 0.29) is 0 Å². The lowest BCUT2D eigenvalue weighted by Crippen LogP contribution is -2.14. The Bertz CT molecular complexity index is 654. The molecular formula is C15H16N4. The van der Waals surface area contributed by atoms with E-state index in [2.05, 4.69) is 15.3 Å². The molecule has 19 heavy (non-hydrogen) atoms. The summed E-state index contributed by atoms with van der Waals surface area (Å²) in [5.74, 6) is 0. The quantitative estimate of drug-likeness (QED) is 0.775. The van der Waals surface area contributed by atoms with Crippen molar-refractivity contribution < 1.29 is 0 Å². The SMILES string of the molecule is Cc1cccc(CNCc2cn3ccccc3n2)n1. The van der Waals surface area contributed by atoms with Crippen molar-refractivity contribution in [3.8, 4) is 0 Å². The molecule has 1 N–H and O–H groups in total. The number of pyridine rings is 2. The summed E-state index contributed by atoms with van der Waals surface area (Å²) in [4.78, 5) is 9.00. The van der Waals surface area contributed by atoms with Gasteiger partial charge in [-0.1, -0.05) is 12.1 Å². The van der Waals surface area contributed by atoms with Crippen molar-refractivity contribution in [3.05, 3.63) is 65.9 Å². The number of fused-ring (bicyclic) bond motifs is 1. The second-order valence-corrected chi connectivity index (χ2v) is 4.57. The Labute approximate surface area is 112 Å². The predicted molar refractivity (Wildman–Crippen MR) is 74.7 cm³/mol. The lowest BCUT2D eigenvalue weighted by molar-refractivity contribution is 0.668. The summed E-state index contributed by atoms with van der Waals surface area (Å²) in [6, 6.07) is 12.1. The summed E-state index contributed by atoms with van der Waals surface area (Å²) >= 11 is 0. The van der Waals surface area contributed by atoms with Crippen molar-refractivity contribution in [3.63, 3.8) is 0 Å². The number of hydrogen-bond donors (Lipinski definition) is 1. The molecule has 0 unspecified atom stereocenters. The molecule has 4 heteroatoms. The standard InChI is InChI=1S/C15H16N4/c1-12-5-4-6-13(17-12)9-16-10-14-11-19-8-3-2-7-15(19)18-14/h2-8,11,16H,9-10H2,1H3. The van der Waals surface area contributed by atoms with Gasteiger partial charge in [0.2, 0.25) is 0 Å². The first-order valence-electron chi connectivity index (χ1n) is 6.37. The van der Waals surface area contributed by atoms with Gasteiger partial charge in [0, 0.05) is 31.2 Å². The number of rotatable bonds is 4. The summed E-state index contributed by atoms with van der Waals surface area (Å²) in [7, 11) is 0. The fourth-order valence-corrected chi connectivity index (χ4v) is 2.09. The molecule has 0 saturated carbocycles. The number of nitrogens with one attached hydrogen (secondary N) is 1. The van der Waals surface area contributed by atoms with E-state index >= 15 is 0 Å². The van der Waals surface area contributed by atoms with Crippen molar-refractivity contribution in [2.75, 3.05) is 0 Å². The van der Waals surface area contributed by atoms with E-state index in [1.54, 1.807) is 0 Å². The molecule has 3 aromatic heterocycles. The number of imidazole rings is 1. The van der Waals surface area contributed by atoms with Gasteiger partial charge in [-0.2, -0.15) is 0 Å². The molecule has 96 valence electrons. The van der Waals surface area contributed by atoms with Crippen LogP contribution in [0.1, 0.15) is 17.1 Å². The maximum absolute atomic E-state index is 4.54. The van der Waals surface area contributed by atoms with E-state index in [9.17, 15) is 0 Å². The maximum Gasteiger partial charge on any atom is 0.137 e. The Morgan fingerprint density at radius 1 is 1.00 bits per heavy atom. The summed E-state index contributed by atoms with van der Waals surface area (Å²) in [6.45, 7) is 3.51. The van der Waals surface area contributed by atoms with Gasteiger partial charge in [0.1, 0.15) is 5.65 Å². The van der Waals surface area contributed by atoms with Crippen molar-refractivity contribution >= 4 is 5.65 Å². The zero-order valence-corrected chi connectivity index (χ0v) is 10.9. The number of aryl methyl sites for hydroxylation is 1. The minimum absolute atomic E-state index is 0.747. The van der Waals surface area contributed by atoms with Crippen LogP contribution in [0, 0.1) is 6.92 Å². The monoisotopic (exact) mass is 252 g/mol. The highest BCUT2D eigenvalue weighted by atomic mass is 15.0. The zero-order chi connectivity index (χ0) is 13.1. The first kappa shape index (κ1) is 11.9.